The zero-order chi connectivity index (χ0) is 26.7. The lowest BCUT2D eigenvalue weighted by Gasteiger charge is -2.24. The topological polar surface area (TPSA) is 37.6 Å². The zero-order valence-electron chi connectivity index (χ0n) is 22.6. The number of aliphatic imine (C=N–C) groups is 2. The van der Waals surface area contributed by atoms with Gasteiger partial charge in [0.1, 0.15) is 0 Å². The van der Waals surface area contributed by atoms with Crippen molar-refractivity contribution < 1.29 is 0 Å². The Bertz CT molecular complexity index is 1610. The molecule has 40 heavy (non-hydrogen) atoms. The quantitative estimate of drug-likeness (QED) is 0.234. The highest BCUT2D eigenvalue weighted by atomic mass is 14.9. The molecule has 5 aromatic rings. The van der Waals surface area contributed by atoms with Crippen molar-refractivity contribution >= 4 is 22.8 Å². The van der Waals surface area contributed by atoms with Crippen LogP contribution in [0.25, 0.3) is 22.3 Å². The first kappa shape index (κ1) is 24.4. The summed E-state index contributed by atoms with van der Waals surface area (Å²) >= 11 is 0. The first-order valence-corrected chi connectivity index (χ1v) is 14.3. The molecule has 2 aliphatic carbocycles. The van der Waals surface area contributed by atoms with E-state index in [4.69, 9.17) is 15.0 Å². The van der Waals surface area contributed by atoms with Crippen LogP contribution in [0.3, 0.4) is 0 Å². The van der Waals surface area contributed by atoms with Gasteiger partial charge in [0.25, 0.3) is 0 Å². The molecule has 2 aliphatic rings. The van der Waals surface area contributed by atoms with Crippen LogP contribution >= 0.6 is 0 Å². The third kappa shape index (κ3) is 4.80. The molecule has 0 radical (unpaired) electrons. The lowest BCUT2D eigenvalue weighted by atomic mass is 9.87. The summed E-state index contributed by atoms with van der Waals surface area (Å²) in [7, 11) is 0. The molecule has 0 amide bonds. The average Bonchev–Trinajstić information content (AvgIpc) is 3.02. The van der Waals surface area contributed by atoms with Crippen LogP contribution in [-0.2, 0) is 12.8 Å². The lowest BCUT2D eigenvalue weighted by Crippen LogP contribution is -2.21. The van der Waals surface area contributed by atoms with Crippen molar-refractivity contribution in [2.45, 2.75) is 38.5 Å². The molecule has 0 aliphatic heterocycles. The number of nitrogens with zero attached hydrogens (tertiary/aromatic N) is 3. The molecule has 0 unspecified atom stereocenters. The van der Waals surface area contributed by atoms with Gasteiger partial charge in [-0.1, -0.05) is 103 Å². The van der Waals surface area contributed by atoms with Crippen LogP contribution < -0.4 is 0 Å². The Hall–Kier alpha value is -4.63. The molecule has 3 nitrogen and oxygen atoms in total. The molecule has 194 valence electrons. The van der Waals surface area contributed by atoms with Crippen molar-refractivity contribution in [3.8, 4) is 22.3 Å². The van der Waals surface area contributed by atoms with E-state index >= 15 is 0 Å². The van der Waals surface area contributed by atoms with E-state index in [0.717, 1.165) is 83.8 Å². The van der Waals surface area contributed by atoms with Crippen molar-refractivity contribution in [2.75, 3.05) is 0 Å². The maximum Gasteiger partial charge on any atom is 0.0884 e. The summed E-state index contributed by atoms with van der Waals surface area (Å²) in [5, 5.41) is 0. The Labute approximate surface area is 236 Å². The fourth-order valence-corrected chi connectivity index (χ4v) is 5.99. The molecule has 0 bridgehead atoms. The molecular weight excluding hydrogens is 486 g/mol. The van der Waals surface area contributed by atoms with Gasteiger partial charge in [-0.15, -0.1) is 0 Å². The summed E-state index contributed by atoms with van der Waals surface area (Å²) in [6, 6.07) is 40.3. The fourth-order valence-electron chi connectivity index (χ4n) is 5.99. The number of para-hydroxylation sites is 2. The molecule has 0 N–H and O–H groups in total. The van der Waals surface area contributed by atoms with Crippen molar-refractivity contribution in [3.63, 3.8) is 0 Å². The van der Waals surface area contributed by atoms with Gasteiger partial charge in [-0.25, -0.2) is 4.98 Å². The fraction of sp³-hybridized carbons (Fsp3) is 0.162. The number of aromatic nitrogens is 1. The number of hydrogen-bond acceptors (Lipinski definition) is 3. The molecule has 4 aromatic carbocycles. The summed E-state index contributed by atoms with van der Waals surface area (Å²) in [6.45, 7) is 0. The molecule has 3 heteroatoms. The molecule has 7 rings (SSSR count). The summed E-state index contributed by atoms with van der Waals surface area (Å²) in [6.07, 6.45) is 6.18. The van der Waals surface area contributed by atoms with Crippen molar-refractivity contribution in [3.05, 3.63) is 138 Å². The highest BCUT2D eigenvalue weighted by Gasteiger charge is 2.25. The van der Waals surface area contributed by atoms with Gasteiger partial charge in [-0.2, -0.15) is 0 Å². The lowest BCUT2D eigenvalue weighted by molar-refractivity contribution is 0.792. The van der Waals surface area contributed by atoms with Crippen LogP contribution in [0.1, 0.15) is 48.2 Å². The van der Waals surface area contributed by atoms with Crippen molar-refractivity contribution in [1.82, 2.24) is 4.98 Å². The number of pyridine rings is 1. The summed E-state index contributed by atoms with van der Waals surface area (Å²) in [4.78, 5) is 15.9. The molecule has 0 saturated heterocycles. The third-order valence-corrected chi connectivity index (χ3v) is 7.93. The zero-order valence-corrected chi connectivity index (χ0v) is 22.6. The van der Waals surface area contributed by atoms with Crippen LogP contribution in [0.5, 0.6) is 0 Å². The van der Waals surface area contributed by atoms with Gasteiger partial charge in [0.05, 0.1) is 34.2 Å². The molecule has 0 fully saturated rings. The van der Waals surface area contributed by atoms with Gasteiger partial charge >= 0.3 is 0 Å². The van der Waals surface area contributed by atoms with Gasteiger partial charge in [0, 0.05) is 11.1 Å². The minimum Gasteiger partial charge on any atom is -0.251 e. The predicted octanol–water partition coefficient (Wildman–Crippen LogP) is 9.33. The van der Waals surface area contributed by atoms with Crippen LogP contribution in [0.4, 0.5) is 11.4 Å². The van der Waals surface area contributed by atoms with E-state index < -0.39 is 0 Å². The van der Waals surface area contributed by atoms with Gasteiger partial charge < -0.3 is 0 Å². The van der Waals surface area contributed by atoms with Crippen LogP contribution in [-0.4, -0.2) is 16.4 Å². The highest BCUT2D eigenvalue weighted by Crippen LogP contribution is 2.35. The number of fused-ring (bicyclic) bond motifs is 2. The average molecular weight is 518 g/mol. The molecule has 1 aromatic heterocycles. The van der Waals surface area contributed by atoms with E-state index in [1.165, 1.54) is 22.3 Å². The van der Waals surface area contributed by atoms with E-state index in [1.54, 1.807) is 0 Å². The Kier molecular flexibility index (Phi) is 6.63. The van der Waals surface area contributed by atoms with E-state index in [-0.39, 0.29) is 0 Å². The second kappa shape index (κ2) is 10.9. The van der Waals surface area contributed by atoms with Gasteiger partial charge in [0.15, 0.2) is 0 Å². The van der Waals surface area contributed by atoms with E-state index in [0.29, 0.717) is 0 Å². The van der Waals surface area contributed by atoms with Crippen molar-refractivity contribution in [1.29, 1.82) is 0 Å². The molecule has 0 spiro atoms. The standard InChI is InChI=1S/C37H31N3/c1-3-13-26(14-4-1)30-19-7-9-21-32(30)38-34-23-11-17-28-25-29-18-12-24-35(37(29)40-36(28)34)39-33-22-10-8-20-31(33)27-15-5-2-6-16-27/h1-10,13-16,19-22,25H,11-12,17-18,23-24H2/b38-34+,39-35+. The van der Waals surface area contributed by atoms with E-state index in [9.17, 15) is 0 Å². The molecular formula is C37H31N3. The van der Waals surface area contributed by atoms with Crippen LogP contribution in [0.15, 0.2) is 125 Å². The normalized spacial score (nSPS) is 16.5. The number of hydrogen-bond donors (Lipinski definition) is 0. The van der Waals surface area contributed by atoms with E-state index in [1.807, 2.05) is 0 Å². The van der Waals surface area contributed by atoms with E-state index in [2.05, 4.69) is 115 Å². The Morgan fingerprint density at radius 1 is 0.450 bits per heavy atom. The van der Waals surface area contributed by atoms with Gasteiger partial charge in [-0.3, -0.25) is 9.98 Å². The molecule has 0 saturated carbocycles. The maximum absolute atomic E-state index is 5.35. The second-order valence-corrected chi connectivity index (χ2v) is 10.6. The number of rotatable bonds is 4. The Balaban J connectivity index is 1.32. The van der Waals surface area contributed by atoms with Crippen LogP contribution in [0, 0.1) is 0 Å². The van der Waals surface area contributed by atoms with Crippen LogP contribution in [0.2, 0.25) is 0 Å². The summed E-state index contributed by atoms with van der Waals surface area (Å²) in [5.74, 6) is 0. The maximum atomic E-state index is 5.35. The third-order valence-electron chi connectivity index (χ3n) is 7.93. The second-order valence-electron chi connectivity index (χ2n) is 10.6. The molecule has 1 heterocycles. The monoisotopic (exact) mass is 517 g/mol. The highest BCUT2D eigenvalue weighted by molar-refractivity contribution is 6.07. The van der Waals surface area contributed by atoms with Gasteiger partial charge in [-0.05, 0) is 72.9 Å². The Morgan fingerprint density at radius 3 is 1.35 bits per heavy atom. The predicted molar refractivity (Wildman–Crippen MR) is 166 cm³/mol. The van der Waals surface area contributed by atoms with Gasteiger partial charge in [0.2, 0.25) is 0 Å². The number of aryl methyl sites for hydroxylation is 2. The molecule has 0 atom stereocenters. The summed E-state index contributed by atoms with van der Waals surface area (Å²) in [5.41, 5.74) is 13.6. The smallest absolute Gasteiger partial charge is 0.0884 e. The number of benzene rings is 4. The Morgan fingerprint density at radius 2 is 0.875 bits per heavy atom. The largest absolute Gasteiger partial charge is 0.251 e. The first-order chi connectivity index (χ1) is 19.8. The van der Waals surface area contributed by atoms with Crippen molar-refractivity contribution in [2.24, 2.45) is 9.98 Å². The minimum absolute atomic E-state index is 0.936. The minimum atomic E-state index is 0.936. The summed E-state index contributed by atoms with van der Waals surface area (Å²) < 4.78 is 0. The first-order valence-electron chi connectivity index (χ1n) is 14.3. The SMILES string of the molecule is c1ccc(-c2ccccc2/N=C2\CCCc3cc4c(nc32)/C(=N/c2ccccc2-c2ccccc2)CCC4)cc1.